The maximum Gasteiger partial charge on any atom is 0.100 e. The molecule has 0 heterocycles. The highest BCUT2D eigenvalue weighted by Gasteiger charge is 2.23. The summed E-state index contributed by atoms with van der Waals surface area (Å²) in [5.41, 5.74) is 2.48. The Morgan fingerprint density at radius 1 is 1.29 bits per heavy atom. The first-order valence-corrected chi connectivity index (χ1v) is 5.32. The van der Waals surface area contributed by atoms with Gasteiger partial charge < -0.3 is 5.11 Å². The summed E-state index contributed by atoms with van der Waals surface area (Å²) in [6.45, 7) is 2.18. The first-order valence-electron chi connectivity index (χ1n) is 5.32. The molecule has 0 radical (unpaired) electrons. The third kappa shape index (κ3) is 1.54. The number of allylic oxidation sites excluding steroid dienone is 1. The van der Waals surface area contributed by atoms with Gasteiger partial charge in [-0.25, -0.2) is 0 Å². The van der Waals surface area contributed by atoms with Gasteiger partial charge in [-0.3, -0.25) is 0 Å². The largest absolute Gasteiger partial charge is 0.512 e. The van der Waals surface area contributed by atoms with E-state index in [1.54, 1.807) is 0 Å². The molecule has 1 aromatic rings. The van der Waals surface area contributed by atoms with Crippen molar-refractivity contribution >= 4 is 6.08 Å². The van der Waals surface area contributed by atoms with Crippen LogP contribution >= 0.6 is 0 Å². The van der Waals surface area contributed by atoms with Crippen LogP contribution in [0, 0.1) is 0 Å². The lowest BCUT2D eigenvalue weighted by Gasteiger charge is -2.11. The van der Waals surface area contributed by atoms with Crippen molar-refractivity contribution in [2.24, 2.45) is 0 Å². The van der Waals surface area contributed by atoms with Crippen LogP contribution in [0.4, 0.5) is 0 Å². The van der Waals surface area contributed by atoms with E-state index in [4.69, 9.17) is 0 Å². The molecule has 0 aliphatic heterocycles. The third-order valence-electron chi connectivity index (χ3n) is 2.88. The molecule has 1 heteroatoms. The summed E-state index contributed by atoms with van der Waals surface area (Å²) >= 11 is 0. The van der Waals surface area contributed by atoms with Crippen molar-refractivity contribution in [3.05, 3.63) is 41.2 Å². The van der Waals surface area contributed by atoms with Crippen molar-refractivity contribution in [3.63, 3.8) is 0 Å². The Hall–Kier alpha value is -1.24. The molecular weight excluding hydrogens is 172 g/mol. The van der Waals surface area contributed by atoms with E-state index in [1.165, 1.54) is 24.0 Å². The molecule has 1 atom stereocenters. The van der Waals surface area contributed by atoms with Crippen LogP contribution in [0.25, 0.3) is 6.08 Å². The Labute approximate surface area is 85.1 Å². The van der Waals surface area contributed by atoms with Crippen LogP contribution in [0.5, 0.6) is 0 Å². The number of aliphatic hydroxyl groups excluding tert-OH is 1. The van der Waals surface area contributed by atoms with Gasteiger partial charge in [0, 0.05) is 5.92 Å². The second kappa shape index (κ2) is 3.87. The molecule has 1 aliphatic carbocycles. The molecule has 0 fully saturated rings. The number of fused-ring (bicyclic) bond motifs is 1. The maximum absolute atomic E-state index is 9.80. The zero-order valence-corrected chi connectivity index (χ0v) is 8.53. The lowest BCUT2D eigenvalue weighted by Crippen LogP contribution is -1.98. The van der Waals surface area contributed by atoms with Gasteiger partial charge in [0.2, 0.25) is 0 Å². The number of unbranched alkanes of at least 4 members (excludes halogenated alkanes) is 1. The zero-order chi connectivity index (χ0) is 9.97. The van der Waals surface area contributed by atoms with Gasteiger partial charge in [0.1, 0.15) is 5.76 Å². The maximum atomic E-state index is 9.80. The van der Waals surface area contributed by atoms with E-state index in [2.05, 4.69) is 19.1 Å². The van der Waals surface area contributed by atoms with E-state index in [-0.39, 0.29) is 5.92 Å². The molecule has 0 bridgehead atoms. The summed E-state index contributed by atoms with van der Waals surface area (Å²) in [7, 11) is 0. The Kier molecular flexibility index (Phi) is 2.58. The highest BCUT2D eigenvalue weighted by molar-refractivity contribution is 5.64. The van der Waals surface area contributed by atoms with Gasteiger partial charge in [0.15, 0.2) is 0 Å². The van der Waals surface area contributed by atoms with Crippen LogP contribution in [0.3, 0.4) is 0 Å². The van der Waals surface area contributed by atoms with Gasteiger partial charge >= 0.3 is 0 Å². The van der Waals surface area contributed by atoms with E-state index in [0.29, 0.717) is 5.76 Å². The van der Waals surface area contributed by atoms with Crippen molar-refractivity contribution in [2.45, 2.75) is 32.1 Å². The fourth-order valence-corrected chi connectivity index (χ4v) is 2.09. The monoisotopic (exact) mass is 188 g/mol. The van der Waals surface area contributed by atoms with Crippen molar-refractivity contribution in [3.8, 4) is 0 Å². The van der Waals surface area contributed by atoms with Crippen LogP contribution in [0.15, 0.2) is 30.0 Å². The lowest BCUT2D eigenvalue weighted by molar-refractivity contribution is 0.367. The summed E-state index contributed by atoms with van der Waals surface area (Å²) in [5.74, 6) is 0.797. The highest BCUT2D eigenvalue weighted by Crippen LogP contribution is 2.37. The summed E-state index contributed by atoms with van der Waals surface area (Å²) in [6, 6.07) is 8.25. The summed E-state index contributed by atoms with van der Waals surface area (Å²) in [4.78, 5) is 0. The molecule has 0 amide bonds. The van der Waals surface area contributed by atoms with Crippen molar-refractivity contribution in [1.82, 2.24) is 0 Å². The molecule has 1 aromatic carbocycles. The van der Waals surface area contributed by atoms with Crippen molar-refractivity contribution in [1.29, 1.82) is 0 Å². The first-order chi connectivity index (χ1) is 6.83. The second-order valence-electron chi connectivity index (χ2n) is 3.89. The molecule has 74 valence electrons. The number of hydrogen-bond acceptors (Lipinski definition) is 1. The molecule has 1 aliphatic rings. The van der Waals surface area contributed by atoms with Crippen molar-refractivity contribution in [2.75, 3.05) is 0 Å². The molecular formula is C13H16O. The molecule has 1 nitrogen and oxygen atoms in total. The molecule has 1 unspecified atom stereocenters. The quantitative estimate of drug-likeness (QED) is 0.763. The molecule has 2 rings (SSSR count). The van der Waals surface area contributed by atoms with Crippen molar-refractivity contribution < 1.29 is 5.11 Å². The predicted molar refractivity (Wildman–Crippen MR) is 59.3 cm³/mol. The van der Waals surface area contributed by atoms with E-state index in [9.17, 15) is 5.11 Å². The van der Waals surface area contributed by atoms with Gasteiger partial charge in [0.05, 0.1) is 0 Å². The van der Waals surface area contributed by atoms with E-state index >= 15 is 0 Å². The highest BCUT2D eigenvalue weighted by atomic mass is 16.3. The zero-order valence-electron chi connectivity index (χ0n) is 8.53. The fourth-order valence-electron chi connectivity index (χ4n) is 2.09. The standard InChI is InChI=1S/C13H16O/c1-2-3-7-12-11-8-5-4-6-10(11)9-13(12)14/h4-6,8-9,12,14H,2-3,7H2,1H3. The molecule has 0 saturated heterocycles. The molecule has 0 saturated carbocycles. The SMILES string of the molecule is CCCCC1C(O)=Cc2ccccc21. The van der Waals surface area contributed by atoms with Crippen LogP contribution < -0.4 is 0 Å². The van der Waals surface area contributed by atoms with E-state index < -0.39 is 0 Å². The van der Waals surface area contributed by atoms with Crippen LogP contribution in [0.1, 0.15) is 43.2 Å². The molecule has 1 N–H and O–H groups in total. The fraction of sp³-hybridized carbons (Fsp3) is 0.385. The van der Waals surface area contributed by atoms with Crippen LogP contribution in [-0.2, 0) is 0 Å². The minimum absolute atomic E-state index is 0.256. The Balaban J connectivity index is 2.23. The molecule has 0 aromatic heterocycles. The third-order valence-corrected chi connectivity index (χ3v) is 2.88. The Bertz CT molecular complexity index is 352. The summed E-state index contributed by atoms with van der Waals surface area (Å²) in [5, 5.41) is 9.80. The summed E-state index contributed by atoms with van der Waals surface area (Å²) in [6.07, 6.45) is 5.33. The minimum Gasteiger partial charge on any atom is -0.512 e. The van der Waals surface area contributed by atoms with Crippen LogP contribution in [0.2, 0.25) is 0 Å². The normalized spacial score (nSPS) is 19.2. The topological polar surface area (TPSA) is 20.2 Å². The number of benzene rings is 1. The van der Waals surface area contributed by atoms with Gasteiger partial charge in [-0.2, -0.15) is 0 Å². The number of aliphatic hydroxyl groups is 1. The van der Waals surface area contributed by atoms with E-state index in [0.717, 1.165) is 6.42 Å². The van der Waals surface area contributed by atoms with Gasteiger partial charge in [0.25, 0.3) is 0 Å². The predicted octanol–water partition coefficient (Wildman–Crippen LogP) is 3.87. The van der Waals surface area contributed by atoms with Gasteiger partial charge in [-0.05, 0) is 23.6 Å². The Morgan fingerprint density at radius 2 is 2.07 bits per heavy atom. The molecule has 14 heavy (non-hydrogen) atoms. The first kappa shape index (κ1) is 9.32. The average molecular weight is 188 g/mol. The number of hydrogen-bond donors (Lipinski definition) is 1. The molecule has 0 spiro atoms. The smallest absolute Gasteiger partial charge is 0.100 e. The Morgan fingerprint density at radius 3 is 2.86 bits per heavy atom. The number of rotatable bonds is 3. The average Bonchev–Trinajstić information content (AvgIpc) is 2.51. The summed E-state index contributed by atoms with van der Waals surface area (Å²) < 4.78 is 0. The second-order valence-corrected chi connectivity index (χ2v) is 3.89. The van der Waals surface area contributed by atoms with Crippen LogP contribution in [-0.4, -0.2) is 5.11 Å². The van der Waals surface area contributed by atoms with Gasteiger partial charge in [-0.15, -0.1) is 0 Å². The van der Waals surface area contributed by atoms with Gasteiger partial charge in [-0.1, -0.05) is 44.0 Å². The minimum atomic E-state index is 0.256. The lowest BCUT2D eigenvalue weighted by atomic mass is 9.94. The van der Waals surface area contributed by atoms with E-state index in [1.807, 2.05) is 18.2 Å².